The molecule has 324 valence electrons. The largest absolute Gasteiger partial charge is 0.335 e. The number of para-hydroxylation sites is 2. The molecule has 12 rings (SSSR count). The second-order valence-corrected chi connectivity index (χ2v) is 21.0. The van der Waals surface area contributed by atoms with E-state index in [1.165, 1.54) is 114 Å². The predicted octanol–water partition coefficient (Wildman–Crippen LogP) is 14.8. The number of hydrogen-bond donors (Lipinski definition) is 0. The summed E-state index contributed by atoms with van der Waals surface area (Å²) < 4.78 is 0. The highest BCUT2D eigenvalue weighted by molar-refractivity contribution is 7.00. The number of anilines is 8. The molecule has 0 saturated heterocycles. The Hall–Kier alpha value is -6.78. The average molecular weight is 856 g/mol. The van der Waals surface area contributed by atoms with Gasteiger partial charge in [-0.2, -0.15) is 0 Å². The van der Waals surface area contributed by atoms with Crippen molar-refractivity contribution < 1.29 is 0 Å². The molecule has 0 bridgehead atoms. The van der Waals surface area contributed by atoms with Crippen molar-refractivity contribution in [1.29, 1.82) is 0 Å². The molecule has 2 atom stereocenters. The van der Waals surface area contributed by atoms with E-state index < -0.39 is 0 Å². The van der Waals surface area contributed by atoms with Crippen LogP contribution in [0.15, 0.2) is 176 Å². The van der Waals surface area contributed by atoms with Crippen molar-refractivity contribution in [2.75, 3.05) is 14.7 Å². The fourth-order valence-corrected chi connectivity index (χ4v) is 12.5. The zero-order chi connectivity index (χ0) is 45.1. The summed E-state index contributed by atoms with van der Waals surface area (Å²) in [7, 11) is 0. The maximum atomic E-state index is 2.89. The molecule has 4 heteroatoms. The number of aryl methyl sites for hydroxylation is 2. The Morgan fingerprint density at radius 1 is 0.530 bits per heavy atom. The summed E-state index contributed by atoms with van der Waals surface area (Å²) >= 11 is 0. The van der Waals surface area contributed by atoms with Gasteiger partial charge < -0.3 is 14.7 Å². The lowest BCUT2D eigenvalue weighted by Gasteiger charge is -2.53. The van der Waals surface area contributed by atoms with Gasteiger partial charge in [0.2, 0.25) is 0 Å². The van der Waals surface area contributed by atoms with Crippen molar-refractivity contribution in [2.45, 2.75) is 90.5 Å². The lowest BCUT2D eigenvalue weighted by molar-refractivity contribution is 0.195. The molecule has 3 heterocycles. The minimum Gasteiger partial charge on any atom is -0.335 e. The van der Waals surface area contributed by atoms with Gasteiger partial charge in [-0.05, 0) is 142 Å². The zero-order valence-electron chi connectivity index (χ0n) is 39.5. The van der Waals surface area contributed by atoms with Gasteiger partial charge in [0.05, 0.1) is 11.2 Å². The van der Waals surface area contributed by atoms with Gasteiger partial charge in [0.25, 0.3) is 6.71 Å². The van der Waals surface area contributed by atoms with Crippen molar-refractivity contribution in [3.8, 4) is 22.3 Å². The summed E-state index contributed by atoms with van der Waals surface area (Å²) in [6.07, 6.45) is 4.80. The van der Waals surface area contributed by atoms with Crippen LogP contribution in [0.3, 0.4) is 0 Å². The van der Waals surface area contributed by atoms with E-state index in [-0.39, 0.29) is 23.1 Å². The number of rotatable bonds is 6. The van der Waals surface area contributed by atoms with E-state index >= 15 is 0 Å². The van der Waals surface area contributed by atoms with Gasteiger partial charge in [-0.15, -0.1) is 0 Å². The normalized spacial score (nSPS) is 18.9. The first-order valence-corrected chi connectivity index (χ1v) is 24.2. The Kier molecular flexibility index (Phi) is 9.17. The van der Waals surface area contributed by atoms with Gasteiger partial charge in [0.15, 0.2) is 0 Å². The van der Waals surface area contributed by atoms with Crippen LogP contribution in [0, 0.1) is 13.8 Å². The Morgan fingerprint density at radius 2 is 1.12 bits per heavy atom. The number of nitrogens with zero attached hydrogens (tertiary/aromatic N) is 3. The molecule has 3 nitrogen and oxygen atoms in total. The summed E-state index contributed by atoms with van der Waals surface area (Å²) in [6.45, 7) is 17.0. The van der Waals surface area contributed by atoms with Gasteiger partial charge in [-0.3, -0.25) is 0 Å². The molecule has 4 aliphatic rings. The van der Waals surface area contributed by atoms with E-state index in [9.17, 15) is 0 Å². The van der Waals surface area contributed by atoms with Crippen molar-refractivity contribution in [3.05, 3.63) is 198 Å². The molecule has 66 heavy (non-hydrogen) atoms. The van der Waals surface area contributed by atoms with Crippen LogP contribution < -0.4 is 31.1 Å². The van der Waals surface area contributed by atoms with E-state index in [1.807, 2.05) is 0 Å². The monoisotopic (exact) mass is 855 g/mol. The summed E-state index contributed by atoms with van der Waals surface area (Å²) in [5.41, 5.74) is 24.3. The maximum Gasteiger partial charge on any atom is 0.252 e. The van der Waals surface area contributed by atoms with Crippen LogP contribution in [0.25, 0.3) is 22.3 Å². The molecule has 0 amide bonds. The van der Waals surface area contributed by atoms with Crippen LogP contribution in [-0.2, 0) is 10.8 Å². The summed E-state index contributed by atoms with van der Waals surface area (Å²) in [5, 5.41) is 0. The molecular weight excluding hydrogens is 798 g/mol. The highest BCUT2D eigenvalue weighted by atomic mass is 15.3. The SMILES string of the molecule is Cc1ccccc1N(c1cc2c3c(c1)N1c4c(cc(C(C)(C)C)cc4C4(C)CCCCC14C)B3c1ccc(-c3ccccc3)cc1N2c1cccc(-c2ccccc2)c1)c1ccccc1C. The highest BCUT2D eigenvalue weighted by Crippen LogP contribution is 2.63. The topological polar surface area (TPSA) is 9.72 Å². The second-order valence-electron chi connectivity index (χ2n) is 21.0. The van der Waals surface area contributed by atoms with Crippen molar-refractivity contribution in [2.24, 2.45) is 0 Å². The first-order chi connectivity index (χ1) is 31.9. The fourth-order valence-electron chi connectivity index (χ4n) is 12.5. The van der Waals surface area contributed by atoms with E-state index in [0.717, 1.165) is 12.1 Å². The van der Waals surface area contributed by atoms with Gasteiger partial charge in [-0.25, -0.2) is 0 Å². The molecule has 2 unspecified atom stereocenters. The molecule has 0 radical (unpaired) electrons. The fraction of sp³-hybridized carbons (Fsp3) is 0.226. The first kappa shape index (κ1) is 40.7. The Balaban J connectivity index is 1.24. The average Bonchev–Trinajstić information content (AvgIpc) is 3.55. The predicted molar refractivity (Wildman–Crippen MR) is 282 cm³/mol. The van der Waals surface area contributed by atoms with Crippen LogP contribution in [0.2, 0.25) is 0 Å². The van der Waals surface area contributed by atoms with E-state index in [2.05, 4.69) is 239 Å². The van der Waals surface area contributed by atoms with E-state index in [4.69, 9.17) is 0 Å². The van der Waals surface area contributed by atoms with Crippen LogP contribution >= 0.6 is 0 Å². The van der Waals surface area contributed by atoms with Crippen molar-refractivity contribution >= 4 is 68.6 Å². The lowest BCUT2D eigenvalue weighted by atomic mass is 9.33. The number of benzene rings is 8. The summed E-state index contributed by atoms with van der Waals surface area (Å²) in [6, 6.07) is 66.6. The quantitative estimate of drug-likeness (QED) is 0.154. The molecule has 0 N–H and O–H groups in total. The molecule has 0 spiro atoms. The Labute approximate surface area is 392 Å². The third kappa shape index (κ3) is 5.96. The summed E-state index contributed by atoms with van der Waals surface area (Å²) in [5.74, 6) is 0. The first-order valence-electron chi connectivity index (χ1n) is 24.2. The van der Waals surface area contributed by atoms with Crippen LogP contribution in [0.4, 0.5) is 45.5 Å². The Bertz CT molecular complexity index is 3180. The molecule has 8 aromatic rings. The molecule has 1 fully saturated rings. The highest BCUT2D eigenvalue weighted by Gasteiger charge is 2.61. The van der Waals surface area contributed by atoms with Crippen molar-refractivity contribution in [3.63, 3.8) is 0 Å². The molecule has 1 aliphatic carbocycles. The molecule has 3 aliphatic heterocycles. The van der Waals surface area contributed by atoms with Crippen LogP contribution in [0.1, 0.15) is 82.6 Å². The van der Waals surface area contributed by atoms with Gasteiger partial charge in [0.1, 0.15) is 0 Å². The minimum atomic E-state index is -0.123. The molecule has 0 aromatic heterocycles. The minimum absolute atomic E-state index is 0.0203. The zero-order valence-corrected chi connectivity index (χ0v) is 39.5. The lowest BCUT2D eigenvalue weighted by Crippen LogP contribution is -2.64. The standard InChI is InChI=1S/C62H58BN3/c1-41-21-14-16-29-53(41)65(54-30-17-15-22-42(54)2)49-39-56-58-57(40-49)66-59-50(61(6)33-18-19-34-62(61,66)7)37-47(60(3,4)5)38-52(59)63(58)51-32-31-46(44-25-12-9-13-26-44)36-55(51)64(56)48-28-20-27-45(35-48)43-23-10-8-11-24-43/h8-17,20-32,35-40H,18-19,33-34H2,1-7H3. The third-order valence-electron chi connectivity index (χ3n) is 16.2. The smallest absolute Gasteiger partial charge is 0.252 e. The number of hydrogen-bond acceptors (Lipinski definition) is 3. The second kappa shape index (κ2) is 14.9. The van der Waals surface area contributed by atoms with Gasteiger partial charge >= 0.3 is 0 Å². The maximum absolute atomic E-state index is 2.89. The molecular formula is C62H58BN3. The van der Waals surface area contributed by atoms with E-state index in [0.29, 0.717) is 0 Å². The van der Waals surface area contributed by atoms with Gasteiger partial charge in [0, 0.05) is 45.2 Å². The summed E-state index contributed by atoms with van der Waals surface area (Å²) in [4.78, 5) is 8.05. The van der Waals surface area contributed by atoms with Crippen LogP contribution in [0.5, 0.6) is 0 Å². The van der Waals surface area contributed by atoms with E-state index in [1.54, 1.807) is 5.56 Å². The van der Waals surface area contributed by atoms with Crippen molar-refractivity contribution in [1.82, 2.24) is 0 Å². The van der Waals surface area contributed by atoms with Gasteiger partial charge in [-0.1, -0.05) is 174 Å². The third-order valence-corrected chi connectivity index (χ3v) is 16.2. The number of fused-ring (bicyclic) bond motifs is 7. The molecule has 8 aromatic carbocycles. The van der Waals surface area contributed by atoms with Crippen LogP contribution in [-0.4, -0.2) is 12.3 Å². The Morgan fingerprint density at radius 3 is 1.77 bits per heavy atom. The molecule has 1 saturated carbocycles.